The topological polar surface area (TPSA) is 169 Å². The first-order valence-electron chi connectivity index (χ1n) is 15.2. The number of rotatable bonds is 7. The molecule has 3 aromatic carbocycles. The van der Waals surface area contributed by atoms with Gasteiger partial charge in [-0.15, -0.1) is 11.8 Å². The van der Waals surface area contributed by atoms with Gasteiger partial charge in [0.05, 0.1) is 27.4 Å². The summed E-state index contributed by atoms with van der Waals surface area (Å²) in [6, 6.07) is 19.6. The number of primary sulfonamides is 1. The van der Waals surface area contributed by atoms with Gasteiger partial charge in [0.1, 0.15) is 5.75 Å². The van der Waals surface area contributed by atoms with E-state index < -0.39 is 27.8 Å². The molecule has 3 amide bonds. The van der Waals surface area contributed by atoms with Gasteiger partial charge in [0.15, 0.2) is 6.61 Å². The summed E-state index contributed by atoms with van der Waals surface area (Å²) in [6.45, 7) is -0.368. The number of imide groups is 1. The van der Waals surface area contributed by atoms with Gasteiger partial charge in [-0.2, -0.15) is 0 Å². The second-order valence-electron chi connectivity index (χ2n) is 12.4. The van der Waals surface area contributed by atoms with Crippen LogP contribution in [0.15, 0.2) is 87.5 Å². The molecular weight excluding hydrogens is 696 g/mol. The number of carbonyl (C=O) groups excluding carboxylic acids is 3. The number of amides is 3. The Morgan fingerprint density at radius 1 is 1.00 bits per heavy atom. The number of thioether (sulfide) groups is 1. The van der Waals surface area contributed by atoms with Gasteiger partial charge in [0, 0.05) is 32.3 Å². The molecule has 4 aromatic rings. The molecule has 0 radical (unpaired) electrons. The Kier molecular flexibility index (Phi) is 7.56. The Hall–Kier alpha value is -3.95. The maximum Gasteiger partial charge on any atom is 0.305 e. The predicted molar refractivity (Wildman–Crippen MR) is 181 cm³/mol. The molecule has 246 valence electrons. The van der Waals surface area contributed by atoms with Crippen molar-refractivity contribution >= 4 is 73.8 Å². The van der Waals surface area contributed by atoms with E-state index in [0.717, 1.165) is 27.7 Å². The molecule has 2 aliphatic carbocycles. The zero-order valence-corrected chi connectivity index (χ0v) is 28.1. The van der Waals surface area contributed by atoms with E-state index in [1.54, 1.807) is 42.1 Å². The molecule has 11 nitrogen and oxygen atoms in total. The molecule has 1 aromatic heterocycles. The maximum atomic E-state index is 14.0. The number of fused-ring (bicyclic) bond motifs is 9. The number of thiazole rings is 1. The van der Waals surface area contributed by atoms with Crippen LogP contribution in [0.2, 0.25) is 5.02 Å². The van der Waals surface area contributed by atoms with E-state index in [9.17, 15) is 27.6 Å². The summed E-state index contributed by atoms with van der Waals surface area (Å²) in [5, 5.41) is 8.99. The number of aromatic amines is 1. The van der Waals surface area contributed by atoms with Gasteiger partial charge in [-0.05, 0) is 78.8 Å². The average Bonchev–Trinajstić information content (AvgIpc) is 3.79. The first-order valence-corrected chi connectivity index (χ1v) is 18.8. The fourth-order valence-electron chi connectivity index (χ4n) is 8.16. The van der Waals surface area contributed by atoms with Gasteiger partial charge in [0.25, 0.3) is 5.91 Å². The number of nitrogens with two attached hydrogens (primary N) is 1. The minimum atomic E-state index is -3.88. The predicted octanol–water partition coefficient (Wildman–Crippen LogP) is 4.43. The molecule has 3 heterocycles. The van der Waals surface area contributed by atoms with Crippen molar-refractivity contribution in [1.29, 1.82) is 0 Å². The van der Waals surface area contributed by atoms with Crippen molar-refractivity contribution in [2.45, 2.75) is 27.5 Å². The molecule has 4 aliphatic rings. The Balaban J connectivity index is 1.11. The molecule has 15 heteroatoms. The summed E-state index contributed by atoms with van der Waals surface area (Å²) in [7, 11) is -3.88. The molecule has 4 N–H and O–H groups in total. The first-order chi connectivity index (χ1) is 23.0. The number of ether oxygens (including phenoxy) is 1. The Morgan fingerprint density at radius 3 is 2.42 bits per heavy atom. The third-order valence-electron chi connectivity index (χ3n) is 9.87. The van der Waals surface area contributed by atoms with E-state index in [-0.39, 0.29) is 57.1 Å². The molecular formula is C33H27ClN4O7S3. The van der Waals surface area contributed by atoms with Crippen LogP contribution < -0.4 is 25.0 Å². The normalized spacial score (nSPS) is 27.0. The first kappa shape index (κ1) is 31.3. The highest BCUT2D eigenvalue weighted by Crippen LogP contribution is 2.69. The minimum absolute atomic E-state index is 0.0399. The number of benzene rings is 3. The highest BCUT2D eigenvalue weighted by atomic mass is 35.5. The standard InChI is InChI=1S/C33H27ClN4O7S3/c34-15-6-11-22(45-14-23(39)36-16-7-9-18(10-8-16)48(35,43)44)19(12-15)24-25-20-13-21(28(25)46-30-29(24)47-33(42)37-30)27-26(20)31(40)38(32(27)41)17-4-2-1-3-5-17/h1-12,20-21,24-28H,13-14H2,(H,36,39)(H,37,42)(H2,35,43,44)/t20?,21?,24-,25?,26?,27?,28?/m1/s1. The number of H-pyrrole nitrogens is 1. The van der Waals surface area contributed by atoms with Gasteiger partial charge in [-0.3, -0.25) is 24.1 Å². The molecule has 2 saturated carbocycles. The molecule has 8 rings (SSSR count). The van der Waals surface area contributed by atoms with Crippen LogP contribution in [0.1, 0.15) is 22.8 Å². The summed E-state index contributed by atoms with van der Waals surface area (Å²) in [5.74, 6) is -1.98. The van der Waals surface area contributed by atoms with Crippen molar-refractivity contribution < 1.29 is 27.5 Å². The van der Waals surface area contributed by atoms with E-state index >= 15 is 0 Å². The number of aromatic nitrogens is 1. The number of para-hydroxylation sites is 1. The smallest absolute Gasteiger partial charge is 0.305 e. The Labute approximate surface area is 287 Å². The van der Waals surface area contributed by atoms with E-state index in [1.165, 1.54) is 29.2 Å². The van der Waals surface area contributed by atoms with Crippen LogP contribution >= 0.6 is 34.7 Å². The van der Waals surface area contributed by atoms with Crippen LogP contribution in [-0.4, -0.2) is 43.0 Å². The van der Waals surface area contributed by atoms with E-state index in [2.05, 4.69) is 10.3 Å². The highest BCUT2D eigenvalue weighted by Gasteiger charge is 2.69. The number of hydrogen-bond donors (Lipinski definition) is 3. The second kappa shape index (κ2) is 11.6. The Morgan fingerprint density at radius 2 is 1.71 bits per heavy atom. The number of anilines is 2. The van der Waals surface area contributed by atoms with E-state index in [1.807, 2.05) is 18.2 Å². The summed E-state index contributed by atoms with van der Waals surface area (Å²) < 4.78 is 29.2. The van der Waals surface area contributed by atoms with Gasteiger partial charge < -0.3 is 15.0 Å². The summed E-state index contributed by atoms with van der Waals surface area (Å²) in [5.41, 5.74) is 1.62. The van der Waals surface area contributed by atoms with Gasteiger partial charge >= 0.3 is 4.87 Å². The SMILES string of the molecule is NS(=O)(=O)c1ccc(NC(=O)COc2ccc(Cl)cc2[C@H]2c3sc(=O)[nH]c3SC3C4CC(C5C(=O)N(c6ccccc6)C(=O)C45)C32)cc1. The fourth-order valence-corrected chi connectivity index (χ4v) is 11.7. The zero-order chi connectivity index (χ0) is 33.5. The third-order valence-corrected chi connectivity index (χ3v) is 13.6. The lowest BCUT2D eigenvalue weighted by Gasteiger charge is -2.43. The second-order valence-corrected chi connectivity index (χ2v) is 16.6. The summed E-state index contributed by atoms with van der Waals surface area (Å²) >= 11 is 9.25. The Bertz CT molecular complexity index is 2160. The minimum Gasteiger partial charge on any atom is -0.483 e. The summed E-state index contributed by atoms with van der Waals surface area (Å²) in [6.07, 6.45) is 0.719. The molecule has 2 aliphatic heterocycles. The lowest BCUT2D eigenvalue weighted by atomic mass is 9.68. The van der Waals surface area contributed by atoms with Crippen molar-refractivity contribution in [2.24, 2.45) is 34.7 Å². The van der Waals surface area contributed by atoms with Crippen molar-refractivity contribution in [2.75, 3.05) is 16.8 Å². The van der Waals surface area contributed by atoms with Crippen LogP contribution in [0.3, 0.4) is 0 Å². The van der Waals surface area contributed by atoms with Crippen molar-refractivity contribution in [3.05, 3.63) is 97.9 Å². The highest BCUT2D eigenvalue weighted by molar-refractivity contribution is 8.00. The lowest BCUT2D eigenvalue weighted by molar-refractivity contribution is -0.123. The molecule has 0 spiro atoms. The van der Waals surface area contributed by atoms with Crippen molar-refractivity contribution in [3.63, 3.8) is 0 Å². The summed E-state index contributed by atoms with van der Waals surface area (Å²) in [4.78, 5) is 58.3. The number of nitrogens with one attached hydrogen (secondary N) is 2. The molecule has 7 atom stereocenters. The molecule has 6 unspecified atom stereocenters. The van der Waals surface area contributed by atoms with E-state index in [0.29, 0.717) is 27.7 Å². The number of halogens is 1. The van der Waals surface area contributed by atoms with Crippen LogP contribution in [0.4, 0.5) is 11.4 Å². The van der Waals surface area contributed by atoms with Crippen molar-refractivity contribution in [1.82, 2.24) is 4.98 Å². The maximum absolute atomic E-state index is 14.0. The molecule has 3 fully saturated rings. The molecule has 48 heavy (non-hydrogen) atoms. The lowest BCUT2D eigenvalue weighted by Crippen LogP contribution is -2.42. The van der Waals surface area contributed by atoms with Crippen LogP contribution in [0, 0.1) is 29.6 Å². The van der Waals surface area contributed by atoms with Crippen molar-refractivity contribution in [3.8, 4) is 5.75 Å². The van der Waals surface area contributed by atoms with Gasteiger partial charge in [-0.25, -0.2) is 13.6 Å². The van der Waals surface area contributed by atoms with Crippen LogP contribution in [0.25, 0.3) is 0 Å². The number of carbonyl (C=O) groups is 3. The zero-order valence-electron chi connectivity index (χ0n) is 24.9. The van der Waals surface area contributed by atoms with Crippen LogP contribution in [-0.2, 0) is 24.4 Å². The molecule has 1 saturated heterocycles. The number of hydrogen-bond acceptors (Lipinski definition) is 9. The fraction of sp³-hybridized carbons (Fsp3) is 0.273. The van der Waals surface area contributed by atoms with E-state index in [4.69, 9.17) is 21.5 Å². The largest absolute Gasteiger partial charge is 0.483 e. The number of nitrogens with zero attached hydrogens (tertiary/aromatic N) is 1. The number of sulfonamides is 1. The van der Waals surface area contributed by atoms with Gasteiger partial charge in [0.2, 0.25) is 21.8 Å². The average molecular weight is 723 g/mol. The van der Waals surface area contributed by atoms with Crippen LogP contribution in [0.5, 0.6) is 5.75 Å². The monoisotopic (exact) mass is 722 g/mol. The third kappa shape index (κ3) is 5.08. The quantitative estimate of drug-likeness (QED) is 0.236. The molecule has 2 bridgehead atoms. The van der Waals surface area contributed by atoms with Gasteiger partial charge in [-0.1, -0.05) is 41.1 Å².